The lowest BCUT2D eigenvalue weighted by atomic mass is 10.4. The van der Waals surface area contributed by atoms with Gasteiger partial charge in [0.15, 0.2) is 0 Å². The second kappa shape index (κ2) is 10.9. The van der Waals surface area contributed by atoms with E-state index in [4.69, 9.17) is 19.0 Å². The molecule has 0 aliphatic heterocycles. The molecule has 0 saturated carbocycles. The minimum absolute atomic E-state index is 0.0622. The molecule has 0 aliphatic rings. The summed E-state index contributed by atoms with van der Waals surface area (Å²) in [7, 11) is -2.51. The highest BCUT2D eigenvalue weighted by Gasteiger charge is 2.41. The molecule has 1 atom stereocenters. The predicted octanol–water partition coefficient (Wildman–Crippen LogP) is 1.71. The average molecular weight is 278 g/mol. The van der Waals surface area contributed by atoms with E-state index in [9.17, 15) is 0 Å². The Morgan fingerprint density at radius 1 is 1.17 bits per heavy atom. The molecule has 0 aromatic heterocycles. The van der Waals surface area contributed by atoms with Crippen LogP contribution in [0, 0.1) is 0 Å². The zero-order chi connectivity index (χ0) is 13.9. The molecule has 0 radical (unpaired) electrons. The number of rotatable bonds is 12. The van der Waals surface area contributed by atoms with Crippen molar-refractivity contribution >= 4 is 8.80 Å². The van der Waals surface area contributed by atoms with E-state index in [1.807, 2.05) is 20.8 Å². The first-order valence-electron chi connectivity index (χ1n) is 7.03. The third-order valence-electron chi connectivity index (χ3n) is 2.45. The molecular formula is C12H30N2O3Si. The Morgan fingerprint density at radius 2 is 1.78 bits per heavy atom. The number of hydrogen-bond donors (Lipinski definition) is 2. The molecule has 18 heavy (non-hydrogen) atoms. The van der Waals surface area contributed by atoms with Crippen LogP contribution < -0.4 is 11.1 Å². The highest BCUT2D eigenvalue weighted by Crippen LogP contribution is 2.19. The summed E-state index contributed by atoms with van der Waals surface area (Å²) >= 11 is 0. The first-order valence-corrected chi connectivity index (χ1v) is 8.96. The van der Waals surface area contributed by atoms with E-state index in [0.717, 1.165) is 25.4 Å². The van der Waals surface area contributed by atoms with Crippen molar-refractivity contribution in [2.75, 3.05) is 26.3 Å². The van der Waals surface area contributed by atoms with Crippen molar-refractivity contribution in [2.24, 2.45) is 5.73 Å². The van der Waals surface area contributed by atoms with Gasteiger partial charge in [-0.25, -0.2) is 0 Å². The zero-order valence-corrected chi connectivity index (χ0v) is 13.3. The highest BCUT2D eigenvalue weighted by atomic mass is 28.4. The fourth-order valence-electron chi connectivity index (χ4n) is 1.78. The molecule has 0 heterocycles. The Bertz CT molecular complexity index is 179. The van der Waals surface area contributed by atoms with Gasteiger partial charge in [-0.3, -0.25) is 5.32 Å². The van der Waals surface area contributed by atoms with Gasteiger partial charge >= 0.3 is 8.80 Å². The summed E-state index contributed by atoms with van der Waals surface area (Å²) in [6.45, 7) is 10.9. The van der Waals surface area contributed by atoms with Crippen LogP contribution in [0.1, 0.15) is 40.5 Å². The van der Waals surface area contributed by atoms with Gasteiger partial charge in [0.05, 0.1) is 6.23 Å². The van der Waals surface area contributed by atoms with Crippen molar-refractivity contribution in [3.63, 3.8) is 0 Å². The van der Waals surface area contributed by atoms with E-state index in [1.54, 1.807) is 0 Å². The van der Waals surface area contributed by atoms with E-state index in [-0.39, 0.29) is 6.23 Å². The van der Waals surface area contributed by atoms with Crippen molar-refractivity contribution in [3.05, 3.63) is 0 Å². The second-order valence-corrected chi connectivity index (χ2v) is 6.83. The van der Waals surface area contributed by atoms with Crippen LogP contribution in [0.25, 0.3) is 0 Å². The number of nitrogens with one attached hydrogen (secondary N) is 1. The van der Waals surface area contributed by atoms with Crippen molar-refractivity contribution in [3.8, 4) is 0 Å². The maximum Gasteiger partial charge on any atom is 0.502 e. The average Bonchev–Trinajstić information content (AvgIpc) is 2.30. The summed E-state index contributed by atoms with van der Waals surface area (Å²) in [5.41, 5.74) is 5.46. The lowest BCUT2D eigenvalue weighted by Crippen LogP contribution is -2.51. The van der Waals surface area contributed by atoms with Gasteiger partial charge in [0.25, 0.3) is 0 Å². The Hall–Kier alpha value is 0.0169. The van der Waals surface area contributed by atoms with Crippen molar-refractivity contribution in [1.82, 2.24) is 5.32 Å². The standard InChI is InChI=1S/C12H30N2O3Si/c1-5-11-18(15-6-2,16-7-3)17-12(4)14-10-8-9-13/h12,14H,5-11,13H2,1-4H3. The van der Waals surface area contributed by atoms with E-state index >= 15 is 0 Å². The molecule has 0 rings (SSSR count). The molecule has 5 nitrogen and oxygen atoms in total. The molecule has 0 aliphatic carbocycles. The molecule has 6 heteroatoms. The van der Waals surface area contributed by atoms with Gasteiger partial charge in [-0.2, -0.15) is 0 Å². The molecule has 0 aromatic rings. The van der Waals surface area contributed by atoms with Crippen LogP contribution in [0.15, 0.2) is 0 Å². The second-order valence-electron chi connectivity index (χ2n) is 4.16. The number of hydrogen-bond acceptors (Lipinski definition) is 5. The minimum Gasteiger partial charge on any atom is -0.374 e. The van der Waals surface area contributed by atoms with E-state index in [1.165, 1.54) is 0 Å². The lowest BCUT2D eigenvalue weighted by Gasteiger charge is -2.31. The molecule has 0 saturated heterocycles. The minimum atomic E-state index is -2.51. The van der Waals surface area contributed by atoms with Gasteiger partial charge in [-0.1, -0.05) is 13.3 Å². The van der Waals surface area contributed by atoms with Gasteiger partial charge in [0.2, 0.25) is 0 Å². The maximum atomic E-state index is 6.05. The third-order valence-corrected chi connectivity index (χ3v) is 5.74. The summed E-state index contributed by atoms with van der Waals surface area (Å²) in [4.78, 5) is 0. The molecule has 3 N–H and O–H groups in total. The third kappa shape index (κ3) is 7.45. The van der Waals surface area contributed by atoms with Crippen LogP contribution in [0.2, 0.25) is 6.04 Å². The van der Waals surface area contributed by atoms with Crippen molar-refractivity contribution in [1.29, 1.82) is 0 Å². The molecule has 110 valence electrons. The Kier molecular flexibility index (Phi) is 10.9. The van der Waals surface area contributed by atoms with Crippen molar-refractivity contribution in [2.45, 2.75) is 52.8 Å². The zero-order valence-electron chi connectivity index (χ0n) is 12.3. The summed E-state index contributed by atoms with van der Waals surface area (Å²) in [6, 6.07) is 0.859. The molecule has 0 fully saturated rings. The van der Waals surface area contributed by atoms with Crippen LogP contribution in [0.4, 0.5) is 0 Å². The topological polar surface area (TPSA) is 65.7 Å². The van der Waals surface area contributed by atoms with Crippen LogP contribution in [-0.4, -0.2) is 41.3 Å². The molecule has 1 unspecified atom stereocenters. The fraction of sp³-hybridized carbons (Fsp3) is 1.00. The molecular weight excluding hydrogens is 248 g/mol. The maximum absolute atomic E-state index is 6.05. The van der Waals surface area contributed by atoms with Crippen LogP contribution in [-0.2, 0) is 13.3 Å². The van der Waals surface area contributed by atoms with E-state index in [2.05, 4.69) is 12.2 Å². The summed E-state index contributed by atoms with van der Waals surface area (Å²) in [5, 5.41) is 3.29. The molecule has 0 aromatic carbocycles. The largest absolute Gasteiger partial charge is 0.502 e. The van der Waals surface area contributed by atoms with Gasteiger partial charge in [-0.15, -0.1) is 0 Å². The van der Waals surface area contributed by atoms with E-state index in [0.29, 0.717) is 19.8 Å². The summed E-state index contributed by atoms with van der Waals surface area (Å²) in [5.74, 6) is 0. The summed E-state index contributed by atoms with van der Waals surface area (Å²) in [6.07, 6.45) is 1.88. The first-order chi connectivity index (χ1) is 8.64. The first kappa shape index (κ1) is 18.0. The SMILES string of the molecule is CCC[Si](OCC)(OCC)OC(C)NCCCN. The highest BCUT2D eigenvalue weighted by molar-refractivity contribution is 6.60. The quantitative estimate of drug-likeness (QED) is 0.323. The van der Waals surface area contributed by atoms with Crippen molar-refractivity contribution < 1.29 is 13.3 Å². The van der Waals surface area contributed by atoms with Crippen LogP contribution in [0.3, 0.4) is 0 Å². The van der Waals surface area contributed by atoms with Crippen LogP contribution in [0.5, 0.6) is 0 Å². The Balaban J connectivity index is 4.34. The monoisotopic (exact) mass is 278 g/mol. The van der Waals surface area contributed by atoms with E-state index < -0.39 is 8.80 Å². The predicted molar refractivity (Wildman–Crippen MR) is 76.3 cm³/mol. The van der Waals surface area contributed by atoms with Gasteiger partial charge in [0.1, 0.15) is 0 Å². The van der Waals surface area contributed by atoms with Gasteiger partial charge < -0.3 is 19.0 Å². The Morgan fingerprint density at radius 3 is 2.22 bits per heavy atom. The fourth-order valence-corrected chi connectivity index (χ4v) is 4.52. The summed E-state index contributed by atoms with van der Waals surface area (Å²) < 4.78 is 17.7. The Labute approximate surface area is 113 Å². The normalized spacial score (nSPS) is 13.8. The lowest BCUT2D eigenvalue weighted by molar-refractivity contribution is 0.0266. The van der Waals surface area contributed by atoms with Gasteiger partial charge in [0, 0.05) is 19.3 Å². The molecule has 0 spiro atoms. The van der Waals surface area contributed by atoms with Gasteiger partial charge in [-0.05, 0) is 40.3 Å². The van der Waals surface area contributed by atoms with Crippen LogP contribution >= 0.6 is 0 Å². The molecule has 0 amide bonds. The smallest absolute Gasteiger partial charge is 0.374 e. The number of nitrogens with two attached hydrogens (primary N) is 1. The molecule has 0 bridgehead atoms.